The average Bonchev–Trinajstić information content (AvgIpc) is 3.39. The number of hydrogen-bond acceptors (Lipinski definition) is 11. The zero-order chi connectivity index (χ0) is 40.0. The van der Waals surface area contributed by atoms with Gasteiger partial charge in [0.2, 0.25) is 23.6 Å². The van der Waals surface area contributed by atoms with Gasteiger partial charge in [-0.3, -0.25) is 47.5 Å². The van der Waals surface area contributed by atoms with Crippen LogP contribution in [0.2, 0.25) is 0 Å². The number of amides is 6. The smallest absolute Gasteiger partial charge is 0.461 e. The SMILES string of the molecule is CC(C)C(NC(=O)CCN1C(=O)C=CC1=O)C(=O)NCC(=O)Nc1ccc(COP(=O)(O)O[C@@H](CC(=O)O[C@@H](CC(=O)N(C)C)C(C)C)C(C)C)cc1. The van der Waals surface area contributed by atoms with Gasteiger partial charge in [-0.2, -0.15) is 0 Å². The summed E-state index contributed by atoms with van der Waals surface area (Å²) in [5.41, 5.74) is 0.821. The number of nitrogens with one attached hydrogen (secondary N) is 3. The van der Waals surface area contributed by atoms with Crippen molar-refractivity contribution in [3.8, 4) is 0 Å². The normalized spacial score (nSPS) is 15.6. The van der Waals surface area contributed by atoms with Crippen molar-refractivity contribution in [1.82, 2.24) is 20.4 Å². The maximum absolute atomic E-state index is 12.8. The molecule has 2 rings (SSSR count). The molecule has 6 amide bonds. The summed E-state index contributed by atoms with van der Waals surface area (Å²) in [6.45, 7) is 9.57. The first-order valence-corrected chi connectivity index (χ1v) is 18.7. The van der Waals surface area contributed by atoms with Crippen LogP contribution in [0.5, 0.6) is 0 Å². The number of ether oxygens (including phenoxy) is 1. The van der Waals surface area contributed by atoms with Gasteiger partial charge in [-0.1, -0.05) is 53.7 Å². The van der Waals surface area contributed by atoms with Gasteiger partial charge in [0, 0.05) is 44.9 Å². The van der Waals surface area contributed by atoms with Crippen LogP contribution < -0.4 is 16.0 Å². The number of phosphoric ester groups is 1. The fourth-order valence-electron chi connectivity index (χ4n) is 4.71. The van der Waals surface area contributed by atoms with Crippen molar-refractivity contribution in [1.29, 1.82) is 0 Å². The second kappa shape index (κ2) is 20.7. The van der Waals surface area contributed by atoms with E-state index in [1.807, 2.05) is 13.8 Å². The van der Waals surface area contributed by atoms with Gasteiger partial charge in [0.05, 0.1) is 32.1 Å². The summed E-state index contributed by atoms with van der Waals surface area (Å²) >= 11 is 0. The van der Waals surface area contributed by atoms with Gasteiger partial charge in [-0.05, 0) is 35.4 Å². The number of carbonyl (C=O) groups is 7. The quantitative estimate of drug-likeness (QED) is 0.0804. The number of esters is 1. The third-order valence-electron chi connectivity index (χ3n) is 8.06. The third-order valence-corrected chi connectivity index (χ3v) is 9.06. The van der Waals surface area contributed by atoms with Crippen molar-refractivity contribution in [2.75, 3.05) is 32.5 Å². The lowest BCUT2D eigenvalue weighted by Gasteiger charge is -2.26. The maximum atomic E-state index is 12.8. The molecule has 1 heterocycles. The second-order valence-electron chi connectivity index (χ2n) is 13.8. The number of benzene rings is 1. The van der Waals surface area contributed by atoms with Crippen LogP contribution in [0.25, 0.3) is 0 Å². The lowest BCUT2D eigenvalue weighted by molar-refractivity contribution is -0.156. The fraction of sp³-hybridized carbons (Fsp3) is 0.571. The van der Waals surface area contributed by atoms with Crippen molar-refractivity contribution in [3.05, 3.63) is 42.0 Å². The molecule has 0 spiro atoms. The number of anilines is 1. The Balaban J connectivity index is 1.84. The number of imide groups is 1. The summed E-state index contributed by atoms with van der Waals surface area (Å²) in [4.78, 5) is 98.7. The molecule has 2 unspecified atom stereocenters. The van der Waals surface area contributed by atoms with Crippen molar-refractivity contribution in [3.63, 3.8) is 0 Å². The van der Waals surface area contributed by atoms with E-state index in [4.69, 9.17) is 13.8 Å². The first kappa shape index (κ1) is 44.7. The number of hydrogen-bond donors (Lipinski definition) is 4. The van der Waals surface area contributed by atoms with Crippen LogP contribution in [0.3, 0.4) is 0 Å². The van der Waals surface area contributed by atoms with E-state index in [0.29, 0.717) is 11.3 Å². The predicted molar refractivity (Wildman–Crippen MR) is 192 cm³/mol. The van der Waals surface area contributed by atoms with Gasteiger partial charge in [-0.15, -0.1) is 0 Å². The molecule has 294 valence electrons. The van der Waals surface area contributed by atoms with E-state index in [-0.39, 0.29) is 56.1 Å². The molecule has 0 aromatic heterocycles. The predicted octanol–water partition coefficient (Wildman–Crippen LogP) is 2.29. The second-order valence-corrected chi connectivity index (χ2v) is 15.2. The van der Waals surface area contributed by atoms with Gasteiger partial charge >= 0.3 is 13.8 Å². The van der Waals surface area contributed by atoms with E-state index < -0.39 is 68.1 Å². The highest BCUT2D eigenvalue weighted by Crippen LogP contribution is 2.47. The van der Waals surface area contributed by atoms with Crippen LogP contribution in [0.4, 0.5) is 5.69 Å². The standard InChI is InChI=1S/C35H52N5O12P/c1-21(2)26(17-32(45)39(7)8)51-33(46)18-27(22(3)4)52-53(48,49)50-20-24-9-11-25(12-10-24)37-29(42)19-36-35(47)34(23(5)6)38-28(41)15-16-40-30(43)13-14-31(40)44/h9-14,21-23,26-27,34H,15-20H2,1-8H3,(H,36,47)(H,37,42)(H,38,41)(H,48,49)/t26-,27-,34?/m0/s1. The summed E-state index contributed by atoms with van der Waals surface area (Å²) < 4.78 is 28.8. The van der Waals surface area contributed by atoms with Crippen LogP contribution in [0, 0.1) is 17.8 Å². The summed E-state index contributed by atoms with van der Waals surface area (Å²) in [6, 6.07) is 5.13. The number of rotatable bonds is 21. The molecule has 53 heavy (non-hydrogen) atoms. The summed E-state index contributed by atoms with van der Waals surface area (Å²) in [5.74, 6) is -4.47. The van der Waals surface area contributed by atoms with Gasteiger partial charge in [0.25, 0.3) is 11.8 Å². The molecule has 17 nitrogen and oxygen atoms in total. The summed E-state index contributed by atoms with van der Waals surface area (Å²) in [7, 11) is -1.44. The molecule has 0 fully saturated rings. The molecule has 0 aliphatic carbocycles. The highest BCUT2D eigenvalue weighted by Gasteiger charge is 2.32. The van der Waals surface area contributed by atoms with Gasteiger partial charge in [-0.25, -0.2) is 4.57 Å². The number of carbonyl (C=O) groups excluding carboxylic acids is 7. The van der Waals surface area contributed by atoms with Gasteiger partial charge in [0.1, 0.15) is 12.1 Å². The molecule has 1 aliphatic heterocycles. The molecule has 1 aromatic carbocycles. The zero-order valence-electron chi connectivity index (χ0n) is 31.5. The fourth-order valence-corrected chi connectivity index (χ4v) is 5.75. The van der Waals surface area contributed by atoms with E-state index in [2.05, 4.69) is 16.0 Å². The largest absolute Gasteiger partial charge is 0.472 e. The van der Waals surface area contributed by atoms with Crippen LogP contribution in [-0.2, 0) is 58.5 Å². The minimum absolute atomic E-state index is 0.0000433. The van der Waals surface area contributed by atoms with Crippen LogP contribution in [0.1, 0.15) is 66.4 Å². The molecule has 4 atom stereocenters. The molecular weight excluding hydrogens is 713 g/mol. The van der Waals surface area contributed by atoms with Crippen LogP contribution in [0.15, 0.2) is 36.4 Å². The molecule has 0 saturated heterocycles. The Hall–Kier alpha value is -4.44. The lowest BCUT2D eigenvalue weighted by Crippen LogP contribution is -2.51. The Bertz CT molecular complexity index is 1540. The highest BCUT2D eigenvalue weighted by atomic mass is 31.2. The lowest BCUT2D eigenvalue weighted by atomic mass is 10.0. The van der Waals surface area contributed by atoms with Crippen molar-refractivity contribution < 1.29 is 56.8 Å². The number of phosphoric acid groups is 1. The Labute approximate surface area is 309 Å². The third kappa shape index (κ3) is 15.6. The Morgan fingerprint density at radius 3 is 1.96 bits per heavy atom. The van der Waals surface area contributed by atoms with E-state index in [1.54, 1.807) is 41.8 Å². The first-order chi connectivity index (χ1) is 24.7. The van der Waals surface area contributed by atoms with E-state index >= 15 is 0 Å². The van der Waals surface area contributed by atoms with E-state index in [0.717, 1.165) is 17.1 Å². The van der Waals surface area contributed by atoms with Crippen molar-refractivity contribution >= 4 is 54.9 Å². The van der Waals surface area contributed by atoms with Crippen LogP contribution >= 0.6 is 7.82 Å². The van der Waals surface area contributed by atoms with Crippen molar-refractivity contribution in [2.45, 2.75) is 85.7 Å². The maximum Gasteiger partial charge on any atom is 0.472 e. The topological polar surface area (TPSA) is 227 Å². The highest BCUT2D eigenvalue weighted by molar-refractivity contribution is 7.47. The molecule has 1 aromatic rings. The Morgan fingerprint density at radius 2 is 1.43 bits per heavy atom. The monoisotopic (exact) mass is 765 g/mol. The Morgan fingerprint density at radius 1 is 0.849 bits per heavy atom. The van der Waals surface area contributed by atoms with Crippen LogP contribution in [-0.4, -0.2) is 102 Å². The number of nitrogens with zero attached hydrogens (tertiary/aromatic N) is 2. The summed E-state index contributed by atoms with van der Waals surface area (Å²) in [5, 5.41) is 7.66. The molecule has 0 bridgehead atoms. The molecule has 0 saturated carbocycles. The Kier molecular flexibility index (Phi) is 17.5. The van der Waals surface area contributed by atoms with E-state index in [9.17, 15) is 43.0 Å². The molecule has 0 radical (unpaired) electrons. The molecule has 18 heteroatoms. The average molecular weight is 766 g/mol. The molecule has 4 N–H and O–H groups in total. The first-order valence-electron chi connectivity index (χ1n) is 17.2. The zero-order valence-corrected chi connectivity index (χ0v) is 32.3. The minimum Gasteiger partial charge on any atom is -0.461 e. The molecular formula is C35H52N5O12P. The van der Waals surface area contributed by atoms with Crippen molar-refractivity contribution in [2.24, 2.45) is 17.8 Å². The summed E-state index contributed by atoms with van der Waals surface area (Å²) in [6.07, 6.45) is -0.00344. The van der Waals surface area contributed by atoms with Gasteiger partial charge < -0.3 is 30.5 Å². The minimum atomic E-state index is -4.64. The van der Waals surface area contributed by atoms with E-state index in [1.165, 1.54) is 29.2 Å². The molecule has 1 aliphatic rings. The van der Waals surface area contributed by atoms with Gasteiger partial charge in [0.15, 0.2) is 0 Å².